The monoisotopic (exact) mass is 1310 g/mol. The van der Waals surface area contributed by atoms with Crippen molar-refractivity contribution in [2.45, 2.75) is 74.2 Å². The van der Waals surface area contributed by atoms with Gasteiger partial charge in [-0.25, -0.2) is 51.8 Å². The second-order valence-corrected chi connectivity index (χ2v) is 31.4. The molecule has 472 valence electrons. The van der Waals surface area contributed by atoms with Gasteiger partial charge in [-0.2, -0.15) is 0 Å². The molecule has 0 saturated carbocycles. The highest BCUT2D eigenvalue weighted by molar-refractivity contribution is 7.93. The van der Waals surface area contributed by atoms with Gasteiger partial charge in [0, 0.05) is 102 Å². The minimum absolute atomic E-state index is 0.0100. The molecule has 0 spiro atoms. The van der Waals surface area contributed by atoms with E-state index >= 15 is 8.78 Å². The van der Waals surface area contributed by atoms with Crippen molar-refractivity contribution in [3.05, 3.63) is 120 Å². The molecule has 2 aromatic carbocycles. The molecule has 12 heterocycles. The fraction of sp³-hybridized carbons (Fsp3) is 0.400. The van der Waals surface area contributed by atoms with Gasteiger partial charge in [0.15, 0.2) is 19.7 Å². The molecule has 2 unspecified atom stereocenters. The van der Waals surface area contributed by atoms with Crippen molar-refractivity contribution in [3.8, 4) is 22.5 Å². The zero-order valence-electron chi connectivity index (χ0n) is 50.0. The van der Waals surface area contributed by atoms with Crippen LogP contribution in [0.1, 0.15) is 73.4 Å². The number of anilines is 2. The summed E-state index contributed by atoms with van der Waals surface area (Å²) in [7, 11) is -11.5. The highest BCUT2D eigenvalue weighted by atomic mass is 32.2. The number of sulfonamides is 2. The summed E-state index contributed by atoms with van der Waals surface area (Å²) >= 11 is 0. The van der Waals surface area contributed by atoms with Gasteiger partial charge in [0.1, 0.15) is 11.6 Å². The molecule has 8 aromatic heterocycles. The first-order valence-electron chi connectivity index (χ1n) is 29.4. The third-order valence-corrected chi connectivity index (χ3v) is 23.6. The number of halogens is 2. The summed E-state index contributed by atoms with van der Waals surface area (Å²) in [5.74, 6) is -1.46. The quantitative estimate of drug-likeness (QED) is 0.114. The first kappa shape index (κ1) is 61.0. The number of hydrogen-bond acceptors (Lipinski definition) is 18. The van der Waals surface area contributed by atoms with E-state index < -0.39 is 63.4 Å². The van der Waals surface area contributed by atoms with Crippen molar-refractivity contribution in [2.24, 2.45) is 25.9 Å². The van der Waals surface area contributed by atoms with Gasteiger partial charge in [0.05, 0.1) is 123 Å². The van der Waals surface area contributed by atoms with Gasteiger partial charge in [-0.1, -0.05) is 10.4 Å². The van der Waals surface area contributed by atoms with E-state index in [4.69, 9.17) is 19.4 Å². The van der Waals surface area contributed by atoms with Crippen LogP contribution in [0.2, 0.25) is 0 Å². The van der Waals surface area contributed by atoms with Crippen LogP contribution in [-0.2, 0) is 63.3 Å². The smallest absolute Gasteiger partial charge is 0.235 e. The highest BCUT2D eigenvalue weighted by Crippen LogP contribution is 2.49. The lowest BCUT2D eigenvalue weighted by Crippen LogP contribution is -2.29. The minimum atomic E-state index is -3.87. The molecule has 0 amide bonds. The maximum atomic E-state index is 15.8. The van der Waals surface area contributed by atoms with E-state index in [9.17, 15) is 33.7 Å². The third kappa shape index (κ3) is 10.5. The number of aryl methyl sites for hydroxylation is 4. The Balaban J connectivity index is 0.000000165. The summed E-state index contributed by atoms with van der Waals surface area (Å²) in [4.78, 5) is 18.7. The van der Waals surface area contributed by atoms with Gasteiger partial charge in [-0.3, -0.25) is 28.5 Å². The predicted molar refractivity (Wildman–Crippen MR) is 333 cm³/mol. The maximum Gasteiger partial charge on any atom is 0.235 e. The first-order chi connectivity index (χ1) is 42.9. The normalized spacial score (nSPS) is 18.3. The molecular formula is C60H64F2N14O10S4. The predicted octanol–water partition coefficient (Wildman–Crippen LogP) is 7.57. The van der Waals surface area contributed by atoms with Crippen LogP contribution in [0.25, 0.3) is 66.4 Å². The van der Waals surface area contributed by atoms with Crippen molar-refractivity contribution in [1.82, 2.24) is 59.1 Å². The number of fused-ring (bicyclic) bond motifs is 6. The summed E-state index contributed by atoms with van der Waals surface area (Å²) in [6, 6.07) is 13.9. The van der Waals surface area contributed by atoms with Gasteiger partial charge < -0.3 is 18.6 Å². The van der Waals surface area contributed by atoms with E-state index in [0.29, 0.717) is 143 Å². The zero-order valence-corrected chi connectivity index (χ0v) is 53.3. The Kier molecular flexibility index (Phi) is 15.6. The van der Waals surface area contributed by atoms with Gasteiger partial charge in [0.2, 0.25) is 20.0 Å². The Bertz CT molecular complexity index is 4650. The molecule has 0 bridgehead atoms. The molecule has 0 N–H and O–H groups in total. The van der Waals surface area contributed by atoms with Gasteiger partial charge >= 0.3 is 0 Å². The van der Waals surface area contributed by atoms with Crippen LogP contribution >= 0.6 is 0 Å². The molecule has 30 heteroatoms. The molecule has 14 rings (SSSR count). The van der Waals surface area contributed by atoms with Crippen LogP contribution in [-0.4, -0.2) is 156 Å². The summed E-state index contributed by atoms with van der Waals surface area (Å²) in [6.45, 7) is 5.96. The lowest BCUT2D eigenvalue weighted by molar-refractivity contribution is 0.0541. The molecule has 0 radical (unpaired) electrons. The van der Waals surface area contributed by atoms with E-state index in [1.807, 2.05) is 35.1 Å². The topological polar surface area (TPSA) is 284 Å². The number of aromatic nitrogens is 12. The van der Waals surface area contributed by atoms with Crippen molar-refractivity contribution in [1.29, 1.82) is 0 Å². The fourth-order valence-corrected chi connectivity index (χ4v) is 18.6. The summed E-state index contributed by atoms with van der Waals surface area (Å²) in [5.41, 5.74) is 7.42. The first-order valence-corrected chi connectivity index (χ1v) is 36.4. The standard InChI is InChI=1S/2C30H32FN7O5S2/c2*1-18-28(36(2)35-34-18)20-16-23-27(33-17-20)25-22(37-12-5-15-45(37,41)42)7-8-24(44(3,39)40)30(25)38(23)29(19-9-13-43-14-10-19)26-21(31)6-4-11-32-26/h2*4,6-8,11,16-17,19,29H,5,9-10,12-15H2,1-3H3. The molecule has 90 heavy (non-hydrogen) atoms. The van der Waals surface area contributed by atoms with Gasteiger partial charge in [0.25, 0.3) is 0 Å². The lowest BCUT2D eigenvalue weighted by Gasteiger charge is -2.33. The van der Waals surface area contributed by atoms with Crippen molar-refractivity contribution in [2.75, 3.05) is 72.1 Å². The number of benzene rings is 2. The fourth-order valence-electron chi connectivity index (χ4n) is 13.8. The molecule has 24 nitrogen and oxygen atoms in total. The van der Waals surface area contributed by atoms with Crippen LogP contribution in [0.4, 0.5) is 20.2 Å². The largest absolute Gasteiger partial charge is 0.381 e. The minimum Gasteiger partial charge on any atom is -0.381 e. The summed E-state index contributed by atoms with van der Waals surface area (Å²) in [5, 5.41) is 17.4. The SMILES string of the molecule is Cc1nnn(C)c1-c1cnc2c3c(N4CCCS4(=O)=O)ccc(S(C)(=O)=O)c3n(C(c3ncccc3F)C3CCOCC3)c2c1.Cc1nnn(C)c1-c1cnc2c3c(N4CCCS4(=O)=O)ccc(S(C)(=O)=O)c3n(C(c3ncccc3F)C3CCOCC3)c2c1. The number of nitrogens with zero attached hydrogens (tertiary/aromatic N) is 14. The Morgan fingerprint density at radius 2 is 0.956 bits per heavy atom. The van der Waals surface area contributed by atoms with Gasteiger partial charge in [-0.15, -0.1) is 10.2 Å². The highest BCUT2D eigenvalue weighted by Gasteiger charge is 2.41. The number of rotatable bonds is 12. The number of hydrogen-bond donors (Lipinski definition) is 0. The van der Waals surface area contributed by atoms with Crippen molar-refractivity contribution >= 4 is 95.0 Å². The van der Waals surface area contributed by atoms with E-state index in [1.54, 1.807) is 48.0 Å². The molecule has 2 atom stereocenters. The Morgan fingerprint density at radius 3 is 1.28 bits per heavy atom. The van der Waals surface area contributed by atoms with Crippen LogP contribution in [0.3, 0.4) is 0 Å². The number of ether oxygens (including phenoxy) is 2. The summed E-state index contributed by atoms with van der Waals surface area (Å²) in [6.07, 6.45) is 11.8. The second kappa shape index (κ2) is 23.1. The van der Waals surface area contributed by atoms with E-state index in [0.717, 1.165) is 12.5 Å². The van der Waals surface area contributed by atoms with Crippen LogP contribution in [0, 0.1) is 37.3 Å². The molecule has 4 aliphatic heterocycles. The molecule has 0 aliphatic carbocycles. The van der Waals surface area contributed by atoms with E-state index in [2.05, 4.69) is 30.6 Å². The van der Waals surface area contributed by atoms with Crippen molar-refractivity contribution < 1.29 is 51.9 Å². The lowest BCUT2D eigenvalue weighted by atomic mass is 9.88. The maximum absolute atomic E-state index is 15.8. The average Bonchev–Trinajstić information content (AvgIpc) is 1.55. The van der Waals surface area contributed by atoms with Crippen LogP contribution < -0.4 is 8.61 Å². The van der Waals surface area contributed by atoms with Crippen LogP contribution in [0.15, 0.2) is 95.2 Å². The third-order valence-electron chi connectivity index (χ3n) is 17.6. The van der Waals surface area contributed by atoms with Gasteiger partial charge in [-0.05, 0) is 125 Å². The molecule has 4 saturated heterocycles. The molecular weight excluding hydrogens is 1240 g/mol. The van der Waals surface area contributed by atoms with Crippen molar-refractivity contribution in [3.63, 3.8) is 0 Å². The molecule has 10 aromatic rings. The van der Waals surface area contributed by atoms with E-state index in [-0.39, 0.29) is 68.6 Å². The number of sulfone groups is 2. The number of pyridine rings is 4. The van der Waals surface area contributed by atoms with Crippen LogP contribution in [0.5, 0.6) is 0 Å². The second-order valence-electron chi connectivity index (χ2n) is 23.4. The average molecular weight is 1310 g/mol. The Morgan fingerprint density at radius 1 is 0.567 bits per heavy atom. The Labute approximate surface area is 517 Å². The van der Waals surface area contributed by atoms with E-state index in [1.165, 1.54) is 57.4 Å². The summed E-state index contributed by atoms with van der Waals surface area (Å²) < 4.78 is 159. The zero-order chi connectivity index (χ0) is 63.3. The Hall–Kier alpha value is -7.90. The molecule has 4 aliphatic rings. The molecule has 4 fully saturated rings.